The van der Waals surface area contributed by atoms with Gasteiger partial charge in [0.2, 0.25) is 0 Å². The molecule has 18 heavy (non-hydrogen) atoms. The zero-order chi connectivity index (χ0) is 12.4. The average molecular weight is 249 g/mol. The first kappa shape index (κ1) is 10.9. The van der Waals surface area contributed by atoms with Crippen LogP contribution in [0.25, 0.3) is 10.1 Å². The molecule has 3 rings (SSSR count). The molecule has 0 aliphatic carbocycles. The fourth-order valence-electron chi connectivity index (χ4n) is 1.74. The fourth-order valence-corrected chi connectivity index (χ4v) is 2.66. The van der Waals surface area contributed by atoms with Crippen LogP contribution in [-0.2, 0) is 0 Å². The maximum absolute atomic E-state index is 5.64. The van der Waals surface area contributed by atoms with Crippen LogP contribution < -0.4 is 5.73 Å². The molecule has 0 bridgehead atoms. The summed E-state index contributed by atoms with van der Waals surface area (Å²) in [6.07, 6.45) is 0. The molecule has 0 saturated heterocycles. The third-order valence-corrected chi connectivity index (χ3v) is 3.70. The molecule has 2 aromatic carbocycles. The molecule has 0 saturated carbocycles. The summed E-state index contributed by atoms with van der Waals surface area (Å²) in [4.78, 5) is 1.09. The summed E-state index contributed by atoms with van der Waals surface area (Å²) in [5.74, 6) is 6.35. The highest BCUT2D eigenvalue weighted by molar-refractivity contribution is 7.19. The number of benzene rings is 2. The molecule has 0 aliphatic heterocycles. The summed E-state index contributed by atoms with van der Waals surface area (Å²) in [6, 6.07) is 18.1. The van der Waals surface area contributed by atoms with Crippen molar-refractivity contribution < 1.29 is 0 Å². The minimum Gasteiger partial charge on any atom is -0.399 e. The predicted octanol–water partition coefficient (Wildman–Crippen LogP) is 3.88. The Morgan fingerprint density at radius 3 is 2.44 bits per heavy atom. The molecular formula is C16H11NS. The van der Waals surface area contributed by atoms with Crippen LogP contribution in [0.1, 0.15) is 10.4 Å². The second kappa shape index (κ2) is 4.56. The Labute approximate surface area is 110 Å². The van der Waals surface area contributed by atoms with Crippen molar-refractivity contribution in [2.24, 2.45) is 0 Å². The molecule has 2 N–H and O–H groups in total. The minimum absolute atomic E-state index is 0.766. The summed E-state index contributed by atoms with van der Waals surface area (Å²) in [7, 11) is 0. The second-order valence-electron chi connectivity index (χ2n) is 4.02. The van der Waals surface area contributed by atoms with Gasteiger partial charge in [0, 0.05) is 16.0 Å². The van der Waals surface area contributed by atoms with E-state index in [4.69, 9.17) is 5.73 Å². The topological polar surface area (TPSA) is 26.0 Å². The van der Waals surface area contributed by atoms with E-state index in [0.29, 0.717) is 0 Å². The van der Waals surface area contributed by atoms with Crippen molar-refractivity contribution in [2.45, 2.75) is 0 Å². The second-order valence-corrected chi connectivity index (χ2v) is 5.10. The predicted molar refractivity (Wildman–Crippen MR) is 78.7 cm³/mol. The quantitative estimate of drug-likeness (QED) is 0.475. The Morgan fingerprint density at radius 2 is 1.67 bits per heavy atom. The molecule has 86 valence electrons. The molecule has 0 fully saturated rings. The molecule has 0 spiro atoms. The normalized spacial score (nSPS) is 10.0. The van der Waals surface area contributed by atoms with Crippen molar-refractivity contribution in [2.75, 3.05) is 5.73 Å². The van der Waals surface area contributed by atoms with Crippen LogP contribution in [0.15, 0.2) is 54.6 Å². The first-order chi connectivity index (χ1) is 8.81. The van der Waals surface area contributed by atoms with Gasteiger partial charge in [-0.1, -0.05) is 30.0 Å². The van der Waals surface area contributed by atoms with Crippen molar-refractivity contribution in [3.63, 3.8) is 0 Å². The van der Waals surface area contributed by atoms with Gasteiger partial charge in [-0.3, -0.25) is 0 Å². The number of hydrogen-bond donors (Lipinski definition) is 1. The lowest BCUT2D eigenvalue weighted by Gasteiger charge is -1.91. The monoisotopic (exact) mass is 249 g/mol. The lowest BCUT2D eigenvalue weighted by Crippen LogP contribution is -1.82. The van der Waals surface area contributed by atoms with Gasteiger partial charge in [-0.2, -0.15) is 0 Å². The van der Waals surface area contributed by atoms with Gasteiger partial charge in [0.1, 0.15) is 0 Å². The van der Waals surface area contributed by atoms with Crippen LogP contribution in [0.2, 0.25) is 0 Å². The van der Waals surface area contributed by atoms with E-state index in [1.807, 2.05) is 30.3 Å². The Morgan fingerprint density at radius 1 is 0.889 bits per heavy atom. The van der Waals surface area contributed by atoms with E-state index in [1.54, 1.807) is 11.3 Å². The summed E-state index contributed by atoms with van der Waals surface area (Å²) >= 11 is 1.72. The summed E-state index contributed by atoms with van der Waals surface area (Å²) in [5, 5.41) is 1.25. The van der Waals surface area contributed by atoms with Crippen molar-refractivity contribution >= 4 is 27.1 Å². The molecule has 2 heteroatoms. The van der Waals surface area contributed by atoms with Gasteiger partial charge in [-0.25, -0.2) is 0 Å². The van der Waals surface area contributed by atoms with Crippen LogP contribution >= 0.6 is 11.3 Å². The van der Waals surface area contributed by atoms with Crippen LogP contribution in [0.3, 0.4) is 0 Å². The van der Waals surface area contributed by atoms with Gasteiger partial charge in [0.15, 0.2) is 0 Å². The Hall–Kier alpha value is -2.24. The Bertz CT molecular complexity index is 709. The number of hydrogen-bond acceptors (Lipinski definition) is 2. The number of nitrogens with two attached hydrogens (primary N) is 1. The maximum Gasteiger partial charge on any atom is 0.0784 e. The summed E-state index contributed by atoms with van der Waals surface area (Å²) in [6.45, 7) is 0. The molecule has 1 nitrogen and oxygen atoms in total. The highest BCUT2D eigenvalue weighted by atomic mass is 32.1. The maximum atomic E-state index is 5.64. The van der Waals surface area contributed by atoms with Crippen LogP contribution in [-0.4, -0.2) is 0 Å². The molecular weight excluding hydrogens is 238 g/mol. The highest BCUT2D eigenvalue weighted by Crippen LogP contribution is 2.24. The molecule has 0 aliphatic rings. The molecule has 3 aromatic rings. The van der Waals surface area contributed by atoms with E-state index in [-0.39, 0.29) is 0 Å². The Balaban J connectivity index is 1.95. The minimum atomic E-state index is 0.766. The third kappa shape index (κ3) is 2.22. The third-order valence-electron chi connectivity index (χ3n) is 2.67. The van der Waals surface area contributed by atoms with E-state index >= 15 is 0 Å². The van der Waals surface area contributed by atoms with Crippen LogP contribution in [0, 0.1) is 11.8 Å². The number of thiophene rings is 1. The lowest BCUT2D eigenvalue weighted by atomic mass is 10.2. The summed E-state index contributed by atoms with van der Waals surface area (Å²) in [5.41, 5.74) is 7.39. The highest BCUT2D eigenvalue weighted by Gasteiger charge is 1.97. The fraction of sp³-hybridized carbons (Fsp3) is 0. The smallest absolute Gasteiger partial charge is 0.0784 e. The van der Waals surface area contributed by atoms with Crippen molar-refractivity contribution in [3.8, 4) is 11.8 Å². The van der Waals surface area contributed by atoms with E-state index in [9.17, 15) is 0 Å². The van der Waals surface area contributed by atoms with E-state index in [1.165, 1.54) is 10.1 Å². The standard InChI is InChI=1S/C16H11NS/c17-14-8-5-12(6-9-14)7-10-15-11-13-3-1-2-4-16(13)18-15/h1-6,8-9,11H,17H2. The van der Waals surface area contributed by atoms with E-state index in [2.05, 4.69) is 36.1 Å². The lowest BCUT2D eigenvalue weighted by molar-refractivity contribution is 1.63. The van der Waals surface area contributed by atoms with Gasteiger partial charge in [0.05, 0.1) is 4.88 Å². The van der Waals surface area contributed by atoms with Gasteiger partial charge in [-0.15, -0.1) is 11.3 Å². The van der Waals surface area contributed by atoms with E-state index < -0.39 is 0 Å². The van der Waals surface area contributed by atoms with Gasteiger partial charge >= 0.3 is 0 Å². The largest absolute Gasteiger partial charge is 0.399 e. The number of fused-ring (bicyclic) bond motifs is 1. The molecule has 0 unspecified atom stereocenters. The van der Waals surface area contributed by atoms with Crippen LogP contribution in [0.5, 0.6) is 0 Å². The molecule has 1 heterocycles. The van der Waals surface area contributed by atoms with Gasteiger partial charge in [0.25, 0.3) is 0 Å². The van der Waals surface area contributed by atoms with Crippen molar-refractivity contribution in [3.05, 3.63) is 65.0 Å². The first-order valence-corrected chi connectivity index (χ1v) is 6.49. The van der Waals surface area contributed by atoms with Gasteiger partial charge in [-0.05, 0) is 41.8 Å². The van der Waals surface area contributed by atoms with E-state index in [0.717, 1.165) is 16.1 Å². The average Bonchev–Trinajstić information content (AvgIpc) is 2.81. The number of anilines is 1. The zero-order valence-electron chi connectivity index (χ0n) is 9.68. The van der Waals surface area contributed by atoms with Crippen molar-refractivity contribution in [1.82, 2.24) is 0 Å². The molecule has 0 atom stereocenters. The zero-order valence-corrected chi connectivity index (χ0v) is 10.5. The first-order valence-electron chi connectivity index (χ1n) is 5.67. The molecule has 1 aromatic heterocycles. The SMILES string of the molecule is Nc1ccc(C#Cc2cc3ccccc3s2)cc1. The number of nitrogen functional groups attached to an aromatic ring is 1. The van der Waals surface area contributed by atoms with Crippen LogP contribution in [0.4, 0.5) is 5.69 Å². The molecule has 0 amide bonds. The van der Waals surface area contributed by atoms with Crippen molar-refractivity contribution in [1.29, 1.82) is 0 Å². The Kier molecular flexibility index (Phi) is 2.76. The summed E-state index contributed by atoms with van der Waals surface area (Å²) < 4.78 is 1.28. The van der Waals surface area contributed by atoms with Gasteiger partial charge < -0.3 is 5.73 Å². The molecule has 0 radical (unpaired) electrons. The number of rotatable bonds is 0.